The van der Waals surface area contributed by atoms with Gasteiger partial charge in [0.05, 0.1) is 5.75 Å². The maximum atomic E-state index is 13.3. The molecule has 4 rings (SSSR count). The van der Waals surface area contributed by atoms with E-state index >= 15 is 0 Å². The quantitative estimate of drug-likeness (QED) is 0.101. The second-order valence-corrected chi connectivity index (χ2v) is 11.0. The van der Waals surface area contributed by atoms with Gasteiger partial charge in [0.1, 0.15) is 5.70 Å². The van der Waals surface area contributed by atoms with E-state index in [0.29, 0.717) is 21.8 Å². The van der Waals surface area contributed by atoms with Crippen molar-refractivity contribution in [1.82, 2.24) is 5.32 Å². The number of thioether (sulfide) groups is 1. The van der Waals surface area contributed by atoms with Gasteiger partial charge in [-0.05, 0) is 101 Å². The molecule has 9 heteroatoms. The zero-order valence-electron chi connectivity index (χ0n) is 20.5. The minimum atomic E-state index is -0.502. The van der Waals surface area contributed by atoms with Crippen molar-refractivity contribution in [2.24, 2.45) is 0 Å². The van der Waals surface area contributed by atoms with Gasteiger partial charge in [0.2, 0.25) is 5.91 Å². The van der Waals surface area contributed by atoms with Crippen LogP contribution in [0, 0.1) is 3.57 Å². The summed E-state index contributed by atoms with van der Waals surface area (Å²) in [6.07, 6.45) is 1.57. The fourth-order valence-corrected chi connectivity index (χ4v) is 4.76. The molecule has 4 aromatic rings. The number of nitrogens with one attached hydrogen (secondary N) is 3. The number of carbonyl (C=O) groups is 3. The second kappa shape index (κ2) is 14.0. The van der Waals surface area contributed by atoms with E-state index in [9.17, 15) is 14.4 Å². The zero-order chi connectivity index (χ0) is 27.6. The summed E-state index contributed by atoms with van der Waals surface area (Å²) in [6, 6.07) is 30.3. The van der Waals surface area contributed by atoms with Crippen molar-refractivity contribution in [3.05, 3.63) is 129 Å². The van der Waals surface area contributed by atoms with Crippen molar-refractivity contribution in [3.63, 3.8) is 0 Å². The van der Waals surface area contributed by atoms with Crippen molar-refractivity contribution in [3.8, 4) is 0 Å². The summed E-state index contributed by atoms with van der Waals surface area (Å²) in [4.78, 5) is 39.3. The molecule has 0 aliphatic heterocycles. The summed E-state index contributed by atoms with van der Waals surface area (Å²) in [5.74, 6) is -0.845. The summed E-state index contributed by atoms with van der Waals surface area (Å²) in [5, 5.41) is 8.93. The summed E-state index contributed by atoms with van der Waals surface area (Å²) < 4.78 is 1.09. The van der Waals surface area contributed by atoms with E-state index in [-0.39, 0.29) is 17.4 Å². The fourth-order valence-electron chi connectivity index (χ4n) is 3.45. The molecule has 0 radical (unpaired) electrons. The van der Waals surface area contributed by atoms with Crippen LogP contribution in [0.1, 0.15) is 15.9 Å². The highest BCUT2D eigenvalue weighted by Crippen LogP contribution is 2.23. The fraction of sp³-hybridized carbons (Fsp3) is 0.0333. The van der Waals surface area contributed by atoms with Gasteiger partial charge >= 0.3 is 0 Å². The molecule has 0 fully saturated rings. The SMILES string of the molecule is O=C(CSc1cccc(NC(=O)/C(=C/c2cccc(Cl)c2)NC(=O)c2ccccc2)c1)Nc1ccc(I)cc1. The second-order valence-electron chi connectivity index (χ2n) is 8.26. The number of hydrogen-bond donors (Lipinski definition) is 3. The van der Waals surface area contributed by atoms with Crippen molar-refractivity contribution >= 4 is 81.1 Å². The average molecular weight is 668 g/mol. The van der Waals surface area contributed by atoms with E-state index in [1.165, 1.54) is 11.8 Å². The monoisotopic (exact) mass is 667 g/mol. The molecule has 0 spiro atoms. The summed E-state index contributed by atoms with van der Waals surface area (Å²) in [5.41, 5.74) is 2.39. The molecule has 0 atom stereocenters. The highest BCUT2D eigenvalue weighted by molar-refractivity contribution is 14.1. The van der Waals surface area contributed by atoms with Gasteiger partial charge in [0.25, 0.3) is 11.8 Å². The van der Waals surface area contributed by atoms with Gasteiger partial charge in [0.15, 0.2) is 0 Å². The van der Waals surface area contributed by atoms with Crippen LogP contribution in [-0.4, -0.2) is 23.5 Å². The Hall–Kier alpha value is -3.60. The minimum absolute atomic E-state index is 0.0566. The average Bonchev–Trinajstić information content (AvgIpc) is 2.93. The van der Waals surface area contributed by atoms with E-state index in [4.69, 9.17) is 11.6 Å². The topological polar surface area (TPSA) is 87.3 Å². The molecule has 3 amide bonds. The molecule has 0 unspecified atom stereocenters. The number of carbonyl (C=O) groups excluding carboxylic acids is 3. The Kier molecular flexibility index (Phi) is 10.2. The number of anilines is 2. The molecular formula is C30H23ClIN3O3S. The lowest BCUT2D eigenvalue weighted by atomic mass is 10.1. The standard InChI is InChI=1S/C30H23ClIN3O3S/c31-22-9-4-6-20(16-22)17-27(35-29(37)21-7-2-1-3-8-21)30(38)34-25-10-5-11-26(18-25)39-19-28(36)33-24-14-12-23(32)13-15-24/h1-18H,19H2,(H,33,36)(H,34,38)(H,35,37)/b27-17-. The zero-order valence-corrected chi connectivity index (χ0v) is 24.2. The van der Waals surface area contributed by atoms with Gasteiger partial charge < -0.3 is 16.0 Å². The van der Waals surface area contributed by atoms with Gasteiger partial charge in [-0.15, -0.1) is 11.8 Å². The highest BCUT2D eigenvalue weighted by atomic mass is 127. The summed E-state index contributed by atoms with van der Waals surface area (Å²) in [6.45, 7) is 0. The van der Waals surface area contributed by atoms with E-state index in [0.717, 1.165) is 14.2 Å². The third-order valence-corrected chi connectivity index (χ3v) is 7.23. The Morgan fingerprint density at radius 2 is 1.54 bits per heavy atom. The van der Waals surface area contributed by atoms with Crippen LogP contribution in [0.2, 0.25) is 5.02 Å². The molecule has 0 saturated carbocycles. The Morgan fingerprint density at radius 1 is 0.795 bits per heavy atom. The Bertz CT molecular complexity index is 1510. The molecule has 0 aromatic heterocycles. The van der Waals surface area contributed by atoms with Gasteiger partial charge in [-0.3, -0.25) is 14.4 Å². The molecule has 3 N–H and O–H groups in total. The molecule has 39 heavy (non-hydrogen) atoms. The number of amides is 3. The first-order chi connectivity index (χ1) is 18.9. The molecule has 0 heterocycles. The smallest absolute Gasteiger partial charge is 0.272 e. The molecule has 0 bridgehead atoms. The lowest BCUT2D eigenvalue weighted by molar-refractivity contribution is -0.114. The third-order valence-electron chi connectivity index (χ3n) is 5.28. The molecule has 6 nitrogen and oxygen atoms in total. The van der Waals surface area contributed by atoms with Gasteiger partial charge in [-0.2, -0.15) is 0 Å². The van der Waals surface area contributed by atoms with E-state index in [1.807, 2.05) is 36.4 Å². The highest BCUT2D eigenvalue weighted by Gasteiger charge is 2.15. The predicted molar refractivity (Wildman–Crippen MR) is 167 cm³/mol. The van der Waals surface area contributed by atoms with Crippen LogP contribution in [0.15, 0.2) is 114 Å². The lowest BCUT2D eigenvalue weighted by Gasteiger charge is -2.12. The number of halogens is 2. The molecule has 0 aliphatic carbocycles. The van der Waals surface area contributed by atoms with Crippen molar-refractivity contribution in [2.45, 2.75) is 4.90 Å². The molecular weight excluding hydrogens is 645 g/mol. The van der Waals surface area contributed by atoms with Crippen molar-refractivity contribution < 1.29 is 14.4 Å². The van der Waals surface area contributed by atoms with Crippen LogP contribution in [0.4, 0.5) is 11.4 Å². The predicted octanol–water partition coefficient (Wildman–Crippen LogP) is 7.09. The summed E-state index contributed by atoms with van der Waals surface area (Å²) >= 11 is 9.67. The third kappa shape index (κ3) is 8.98. The lowest BCUT2D eigenvalue weighted by Crippen LogP contribution is -2.30. The van der Waals surface area contributed by atoms with E-state index < -0.39 is 11.8 Å². The number of rotatable bonds is 9. The number of benzene rings is 4. The van der Waals surface area contributed by atoms with Crippen LogP contribution in [0.25, 0.3) is 6.08 Å². The summed E-state index contributed by atoms with van der Waals surface area (Å²) in [7, 11) is 0. The minimum Gasteiger partial charge on any atom is -0.325 e. The largest absolute Gasteiger partial charge is 0.325 e. The first-order valence-corrected chi connectivity index (χ1v) is 14.2. The molecule has 196 valence electrons. The molecule has 0 aliphatic rings. The number of hydrogen-bond acceptors (Lipinski definition) is 4. The van der Waals surface area contributed by atoms with E-state index in [1.54, 1.807) is 72.8 Å². The first-order valence-electron chi connectivity index (χ1n) is 11.8. The molecule has 0 saturated heterocycles. The Labute approximate surface area is 249 Å². The molecule has 4 aromatic carbocycles. The van der Waals surface area contributed by atoms with Crippen LogP contribution < -0.4 is 16.0 Å². The Balaban J connectivity index is 1.45. The van der Waals surface area contributed by atoms with Crippen LogP contribution in [0.5, 0.6) is 0 Å². The van der Waals surface area contributed by atoms with Crippen molar-refractivity contribution in [1.29, 1.82) is 0 Å². The van der Waals surface area contributed by atoms with Crippen LogP contribution in [-0.2, 0) is 9.59 Å². The normalized spacial score (nSPS) is 11.0. The van der Waals surface area contributed by atoms with Crippen LogP contribution >= 0.6 is 46.0 Å². The van der Waals surface area contributed by atoms with Crippen molar-refractivity contribution in [2.75, 3.05) is 16.4 Å². The maximum absolute atomic E-state index is 13.3. The maximum Gasteiger partial charge on any atom is 0.272 e. The first kappa shape index (κ1) is 28.4. The van der Waals surface area contributed by atoms with Gasteiger partial charge in [0, 0.05) is 30.4 Å². The van der Waals surface area contributed by atoms with Crippen LogP contribution in [0.3, 0.4) is 0 Å². The Morgan fingerprint density at radius 3 is 2.28 bits per heavy atom. The van der Waals surface area contributed by atoms with Gasteiger partial charge in [-0.25, -0.2) is 0 Å². The van der Waals surface area contributed by atoms with Gasteiger partial charge in [-0.1, -0.05) is 48.0 Å². The van der Waals surface area contributed by atoms with E-state index in [2.05, 4.69) is 38.5 Å².